The van der Waals surface area contributed by atoms with E-state index in [1.165, 1.54) is 12.1 Å². The van der Waals surface area contributed by atoms with E-state index in [0.29, 0.717) is 0 Å². The smallest absolute Gasteiger partial charge is 0.325 e. The highest BCUT2D eigenvalue weighted by Crippen LogP contribution is 2.27. The Balaban J connectivity index is 3.30. The average molecular weight is 231 g/mol. The van der Waals surface area contributed by atoms with E-state index in [2.05, 4.69) is 0 Å². The van der Waals surface area contributed by atoms with Crippen molar-refractivity contribution in [3.8, 4) is 0 Å². The molecule has 0 unspecified atom stereocenters. The van der Waals surface area contributed by atoms with Gasteiger partial charge in [-0.2, -0.15) is 0 Å². The maximum Gasteiger partial charge on any atom is 0.325 e. The zero-order chi connectivity index (χ0) is 11.6. The van der Waals surface area contributed by atoms with E-state index in [1.54, 1.807) is 0 Å². The number of nitrogens with two attached hydrogens (primary N) is 1. The number of aliphatic carboxylic acids is 1. The number of halogens is 1. The summed E-state index contributed by atoms with van der Waals surface area (Å²) in [6.07, 6.45) is 0. The molecule has 0 spiro atoms. The number of nitrogens with zero attached hydrogens (tertiary/aromatic N) is 1. The second-order valence-corrected chi connectivity index (χ2v) is 3.21. The lowest BCUT2D eigenvalue weighted by atomic mass is 10.1. The molecular formula is C8H7ClN2O4. The predicted molar refractivity (Wildman–Crippen MR) is 52.7 cm³/mol. The molecule has 15 heavy (non-hydrogen) atoms. The number of benzene rings is 1. The molecule has 0 bridgehead atoms. The van der Waals surface area contributed by atoms with Crippen molar-refractivity contribution in [3.05, 3.63) is 38.9 Å². The number of carbonyl (C=O) groups is 1. The Morgan fingerprint density at radius 2 is 2.20 bits per heavy atom. The number of carboxylic acids is 1. The highest BCUT2D eigenvalue weighted by atomic mass is 35.5. The lowest BCUT2D eigenvalue weighted by molar-refractivity contribution is -0.385. The van der Waals surface area contributed by atoms with Crippen molar-refractivity contribution < 1.29 is 14.8 Å². The van der Waals surface area contributed by atoms with Crippen LogP contribution in [0.25, 0.3) is 0 Å². The van der Waals surface area contributed by atoms with Gasteiger partial charge in [0.15, 0.2) is 0 Å². The number of nitro groups is 1. The molecule has 0 aliphatic rings. The molecule has 0 aliphatic carbocycles. The van der Waals surface area contributed by atoms with Crippen LogP contribution in [0.1, 0.15) is 11.6 Å². The predicted octanol–water partition coefficient (Wildman–Crippen LogP) is 1.33. The molecule has 0 heterocycles. The van der Waals surface area contributed by atoms with Gasteiger partial charge in [-0.25, -0.2) is 0 Å². The SMILES string of the molecule is N[C@@H](C(=O)O)c1cc(Cl)ccc1[N+](=O)[O-]. The minimum atomic E-state index is -1.45. The number of carboxylic acid groups (broad SMARTS) is 1. The van der Waals surface area contributed by atoms with Crippen LogP contribution in [0.15, 0.2) is 18.2 Å². The van der Waals surface area contributed by atoms with Gasteiger partial charge in [0.2, 0.25) is 0 Å². The number of hydrogen-bond acceptors (Lipinski definition) is 4. The summed E-state index contributed by atoms with van der Waals surface area (Å²) in [6, 6.07) is 2.15. The molecule has 0 radical (unpaired) electrons. The van der Waals surface area contributed by atoms with Gasteiger partial charge in [-0.1, -0.05) is 11.6 Å². The molecule has 6 nitrogen and oxygen atoms in total. The van der Waals surface area contributed by atoms with E-state index in [0.717, 1.165) is 6.07 Å². The first kappa shape index (κ1) is 11.4. The molecule has 0 aliphatic heterocycles. The van der Waals surface area contributed by atoms with Crippen LogP contribution in [0, 0.1) is 10.1 Å². The van der Waals surface area contributed by atoms with Gasteiger partial charge in [0.1, 0.15) is 6.04 Å². The van der Waals surface area contributed by atoms with Crippen LogP contribution in [0.5, 0.6) is 0 Å². The van der Waals surface area contributed by atoms with Gasteiger partial charge in [-0.15, -0.1) is 0 Å². The molecule has 1 aromatic rings. The van der Waals surface area contributed by atoms with Gasteiger partial charge in [-0.05, 0) is 12.1 Å². The first-order valence-electron chi connectivity index (χ1n) is 3.85. The standard InChI is InChI=1S/C8H7ClN2O4/c9-4-1-2-6(11(14)15)5(3-4)7(10)8(12)13/h1-3,7H,10H2,(H,12,13)/t7-/m1/s1. The third kappa shape index (κ3) is 2.42. The summed E-state index contributed by atoms with van der Waals surface area (Å²) in [5.41, 5.74) is 4.82. The maximum atomic E-state index is 10.6. The second kappa shape index (κ2) is 4.24. The average Bonchev–Trinajstić information content (AvgIpc) is 2.15. The topological polar surface area (TPSA) is 106 Å². The lowest BCUT2D eigenvalue weighted by Crippen LogP contribution is -2.21. The fourth-order valence-corrected chi connectivity index (χ4v) is 1.25. The Hall–Kier alpha value is -1.66. The van der Waals surface area contributed by atoms with E-state index < -0.39 is 16.9 Å². The summed E-state index contributed by atoms with van der Waals surface area (Å²) in [5.74, 6) is -1.35. The molecule has 80 valence electrons. The molecule has 0 saturated carbocycles. The number of nitro benzene ring substituents is 1. The number of rotatable bonds is 3. The Kier molecular flexibility index (Phi) is 3.23. The minimum Gasteiger partial charge on any atom is -0.480 e. The van der Waals surface area contributed by atoms with E-state index in [4.69, 9.17) is 22.4 Å². The third-order valence-electron chi connectivity index (χ3n) is 1.79. The Labute approximate surface area is 89.4 Å². The van der Waals surface area contributed by atoms with Gasteiger partial charge >= 0.3 is 5.97 Å². The van der Waals surface area contributed by atoms with Crippen LogP contribution in [0.4, 0.5) is 5.69 Å². The van der Waals surface area contributed by atoms with Gasteiger partial charge in [0.25, 0.3) is 5.69 Å². The molecule has 1 aromatic carbocycles. The van der Waals surface area contributed by atoms with Crippen molar-refractivity contribution in [2.45, 2.75) is 6.04 Å². The van der Waals surface area contributed by atoms with Crippen molar-refractivity contribution in [3.63, 3.8) is 0 Å². The minimum absolute atomic E-state index is 0.111. The Morgan fingerprint density at radius 3 is 2.67 bits per heavy atom. The quantitative estimate of drug-likeness (QED) is 0.602. The summed E-state index contributed by atoms with van der Waals surface area (Å²) < 4.78 is 0. The molecule has 1 atom stereocenters. The molecule has 0 amide bonds. The Morgan fingerprint density at radius 1 is 1.60 bits per heavy atom. The second-order valence-electron chi connectivity index (χ2n) is 2.78. The van der Waals surface area contributed by atoms with Crippen LogP contribution in [-0.4, -0.2) is 16.0 Å². The summed E-state index contributed by atoms with van der Waals surface area (Å²) in [5, 5.41) is 19.4. The monoisotopic (exact) mass is 230 g/mol. The van der Waals surface area contributed by atoms with Gasteiger partial charge in [0.05, 0.1) is 10.5 Å². The van der Waals surface area contributed by atoms with Crippen LogP contribution in [-0.2, 0) is 4.79 Å². The number of hydrogen-bond donors (Lipinski definition) is 2. The first-order chi connectivity index (χ1) is 6.93. The molecule has 7 heteroatoms. The molecule has 0 fully saturated rings. The molecule has 0 saturated heterocycles. The van der Waals surface area contributed by atoms with E-state index in [9.17, 15) is 14.9 Å². The summed E-state index contributed by atoms with van der Waals surface area (Å²) in [6.45, 7) is 0. The summed E-state index contributed by atoms with van der Waals surface area (Å²) >= 11 is 5.60. The third-order valence-corrected chi connectivity index (χ3v) is 2.02. The van der Waals surface area contributed by atoms with Gasteiger partial charge < -0.3 is 10.8 Å². The fraction of sp³-hybridized carbons (Fsp3) is 0.125. The fourth-order valence-electron chi connectivity index (χ4n) is 1.07. The van der Waals surface area contributed by atoms with Crippen LogP contribution in [0.3, 0.4) is 0 Å². The molecular weight excluding hydrogens is 224 g/mol. The van der Waals surface area contributed by atoms with Crippen molar-refractivity contribution in [1.82, 2.24) is 0 Å². The van der Waals surface area contributed by atoms with Crippen LogP contribution >= 0.6 is 11.6 Å². The normalized spacial score (nSPS) is 12.1. The van der Waals surface area contributed by atoms with Crippen LogP contribution < -0.4 is 5.73 Å². The van der Waals surface area contributed by atoms with Crippen molar-refractivity contribution >= 4 is 23.3 Å². The zero-order valence-electron chi connectivity index (χ0n) is 7.38. The molecule has 0 aromatic heterocycles. The van der Waals surface area contributed by atoms with E-state index in [-0.39, 0.29) is 16.3 Å². The lowest BCUT2D eigenvalue weighted by Gasteiger charge is -2.07. The highest BCUT2D eigenvalue weighted by Gasteiger charge is 2.24. The highest BCUT2D eigenvalue weighted by molar-refractivity contribution is 6.30. The van der Waals surface area contributed by atoms with Crippen molar-refractivity contribution in [2.75, 3.05) is 0 Å². The first-order valence-corrected chi connectivity index (χ1v) is 4.23. The summed E-state index contributed by atoms with van der Waals surface area (Å²) in [4.78, 5) is 20.5. The Bertz CT molecular complexity index is 421. The van der Waals surface area contributed by atoms with Gasteiger partial charge in [0, 0.05) is 11.1 Å². The largest absolute Gasteiger partial charge is 0.480 e. The van der Waals surface area contributed by atoms with Crippen molar-refractivity contribution in [1.29, 1.82) is 0 Å². The van der Waals surface area contributed by atoms with E-state index >= 15 is 0 Å². The molecule has 1 rings (SSSR count). The van der Waals surface area contributed by atoms with Gasteiger partial charge in [-0.3, -0.25) is 14.9 Å². The summed E-state index contributed by atoms with van der Waals surface area (Å²) in [7, 11) is 0. The molecule has 3 N–H and O–H groups in total. The van der Waals surface area contributed by atoms with Crippen molar-refractivity contribution in [2.24, 2.45) is 5.73 Å². The van der Waals surface area contributed by atoms with E-state index in [1.807, 2.05) is 0 Å². The maximum absolute atomic E-state index is 10.6. The van der Waals surface area contributed by atoms with Crippen LogP contribution in [0.2, 0.25) is 5.02 Å². The zero-order valence-corrected chi connectivity index (χ0v) is 8.14.